The van der Waals surface area contributed by atoms with Gasteiger partial charge in [-0.3, -0.25) is 0 Å². The first kappa shape index (κ1) is 31.7. The summed E-state index contributed by atoms with van der Waals surface area (Å²) in [6.45, 7) is 0. The molecule has 57 heavy (non-hydrogen) atoms. The number of nitrogens with zero attached hydrogens (tertiary/aromatic N) is 4. The molecule has 1 aliphatic rings. The molecule has 0 radical (unpaired) electrons. The molecule has 0 amide bonds. The smallest absolute Gasteiger partial charge is 0.163 e. The van der Waals surface area contributed by atoms with Crippen LogP contribution >= 0.6 is 0 Å². The Morgan fingerprint density at radius 3 is 1.56 bits per heavy atom. The first-order chi connectivity index (χ1) is 28.3. The third-order valence-electron chi connectivity index (χ3n) is 11.7. The van der Waals surface area contributed by atoms with Gasteiger partial charge in [0.15, 0.2) is 17.5 Å². The molecule has 11 aromatic rings. The van der Waals surface area contributed by atoms with E-state index in [-0.39, 0.29) is 0 Å². The van der Waals surface area contributed by atoms with Crippen molar-refractivity contribution in [2.75, 3.05) is 0 Å². The van der Waals surface area contributed by atoms with Gasteiger partial charge in [0.2, 0.25) is 0 Å². The number of benzene rings is 8. The van der Waals surface area contributed by atoms with Crippen LogP contribution in [0.5, 0.6) is 0 Å². The first-order valence-corrected chi connectivity index (χ1v) is 19.3. The minimum absolute atomic E-state index is 0.602. The highest BCUT2D eigenvalue weighted by Crippen LogP contribution is 2.57. The molecule has 0 bridgehead atoms. The molecule has 0 fully saturated rings. The Kier molecular flexibility index (Phi) is 6.78. The van der Waals surface area contributed by atoms with Gasteiger partial charge in [0, 0.05) is 43.9 Å². The molecule has 0 atom stereocenters. The van der Waals surface area contributed by atoms with Crippen LogP contribution < -0.4 is 0 Å². The van der Waals surface area contributed by atoms with Crippen LogP contribution in [-0.2, 0) is 5.41 Å². The minimum atomic E-state index is -0.926. The van der Waals surface area contributed by atoms with E-state index in [4.69, 9.17) is 19.4 Å². The number of aromatic nitrogens is 4. The quantitative estimate of drug-likeness (QED) is 0.177. The van der Waals surface area contributed by atoms with Crippen LogP contribution in [0.4, 0.5) is 0 Å². The van der Waals surface area contributed by atoms with Gasteiger partial charge in [0.1, 0.15) is 16.6 Å². The zero-order valence-corrected chi connectivity index (χ0v) is 30.7. The van der Waals surface area contributed by atoms with Gasteiger partial charge in [-0.2, -0.15) is 0 Å². The van der Waals surface area contributed by atoms with E-state index in [9.17, 15) is 0 Å². The minimum Gasteiger partial charge on any atom is -0.456 e. The number of furan rings is 1. The van der Waals surface area contributed by atoms with Crippen molar-refractivity contribution in [2.45, 2.75) is 5.41 Å². The van der Waals surface area contributed by atoms with E-state index in [0.717, 1.165) is 66.6 Å². The lowest BCUT2D eigenvalue weighted by atomic mass is 9.71. The largest absolute Gasteiger partial charge is 0.456 e. The van der Waals surface area contributed by atoms with E-state index in [1.807, 2.05) is 30.3 Å². The summed E-state index contributed by atoms with van der Waals surface area (Å²) in [6, 6.07) is 68.1. The Hall–Kier alpha value is -7.63. The van der Waals surface area contributed by atoms with E-state index >= 15 is 0 Å². The predicted molar refractivity (Wildman–Crippen MR) is 230 cm³/mol. The SMILES string of the molecule is c1ccc(-c2nc(-c3ccc(-n4c5ccccc5c5ccccc54)cc3)nc(C3(c4cccc5c4oc4ccccc45)c4ccccc4-c4ccccc43)n2)cc1. The van der Waals surface area contributed by atoms with Crippen molar-refractivity contribution in [1.82, 2.24) is 19.5 Å². The Labute approximate surface area is 328 Å². The average molecular weight is 729 g/mol. The molecule has 5 nitrogen and oxygen atoms in total. The third-order valence-corrected chi connectivity index (χ3v) is 11.7. The Bertz CT molecular complexity index is 3260. The number of fused-ring (bicyclic) bond motifs is 9. The molecule has 3 heterocycles. The van der Waals surface area contributed by atoms with Crippen LogP contribution in [0.3, 0.4) is 0 Å². The summed E-state index contributed by atoms with van der Waals surface area (Å²) in [5, 5.41) is 4.60. The lowest BCUT2D eigenvalue weighted by Gasteiger charge is -2.32. The fourth-order valence-corrected chi connectivity index (χ4v) is 9.28. The summed E-state index contributed by atoms with van der Waals surface area (Å²) >= 11 is 0. The van der Waals surface area contributed by atoms with Crippen LogP contribution in [0, 0.1) is 0 Å². The highest BCUT2D eigenvalue weighted by molar-refractivity contribution is 6.09. The lowest BCUT2D eigenvalue weighted by molar-refractivity contribution is 0.634. The second-order valence-corrected chi connectivity index (χ2v) is 14.7. The molecule has 0 saturated carbocycles. The Balaban J connectivity index is 1.14. The molecule has 0 saturated heterocycles. The zero-order valence-electron chi connectivity index (χ0n) is 30.7. The van der Waals surface area contributed by atoms with Crippen molar-refractivity contribution < 1.29 is 4.42 Å². The van der Waals surface area contributed by atoms with Gasteiger partial charge in [0.05, 0.1) is 11.0 Å². The van der Waals surface area contributed by atoms with Crippen LogP contribution in [0.2, 0.25) is 0 Å². The lowest BCUT2D eigenvalue weighted by Crippen LogP contribution is -2.32. The maximum absolute atomic E-state index is 6.84. The molecular weight excluding hydrogens is 697 g/mol. The Morgan fingerprint density at radius 1 is 0.386 bits per heavy atom. The summed E-state index contributed by atoms with van der Waals surface area (Å²) in [6.07, 6.45) is 0. The normalized spacial score (nSPS) is 13.1. The van der Waals surface area contributed by atoms with Crippen molar-refractivity contribution in [2.24, 2.45) is 0 Å². The molecule has 3 aromatic heterocycles. The number of hydrogen-bond donors (Lipinski definition) is 0. The van der Waals surface area contributed by atoms with Gasteiger partial charge in [-0.15, -0.1) is 0 Å². The highest BCUT2D eigenvalue weighted by Gasteiger charge is 2.50. The first-order valence-electron chi connectivity index (χ1n) is 19.3. The average Bonchev–Trinajstić information content (AvgIpc) is 3.93. The van der Waals surface area contributed by atoms with Gasteiger partial charge in [0.25, 0.3) is 0 Å². The molecule has 0 spiro atoms. The van der Waals surface area contributed by atoms with Crippen molar-refractivity contribution in [1.29, 1.82) is 0 Å². The fraction of sp³-hybridized carbons (Fsp3) is 0.0192. The summed E-state index contributed by atoms with van der Waals surface area (Å²) in [4.78, 5) is 16.2. The molecular formula is C52H32N4O. The van der Waals surface area contributed by atoms with Crippen molar-refractivity contribution in [3.63, 3.8) is 0 Å². The zero-order chi connectivity index (χ0) is 37.5. The summed E-state index contributed by atoms with van der Waals surface area (Å²) in [7, 11) is 0. The standard InChI is InChI=1S/C52H32N4O/c1-2-15-33(16-3-1)49-53-50(34-29-31-35(32-30-34)56-45-26-11-6-19-38(45)39-20-7-12-27-46(39)56)55-51(54-49)52(42-23-9-4-17-36(42)37-18-5-10-24-43(37)52)44-25-14-22-41-40-21-8-13-28-47(40)57-48(41)44/h1-32H. The van der Waals surface area contributed by atoms with Crippen LogP contribution in [0.15, 0.2) is 199 Å². The van der Waals surface area contributed by atoms with Gasteiger partial charge >= 0.3 is 0 Å². The molecule has 0 unspecified atom stereocenters. The molecule has 12 rings (SSSR count). The van der Waals surface area contributed by atoms with Crippen LogP contribution in [0.1, 0.15) is 22.5 Å². The van der Waals surface area contributed by atoms with Gasteiger partial charge < -0.3 is 8.98 Å². The molecule has 1 aliphatic carbocycles. The Morgan fingerprint density at radius 2 is 0.895 bits per heavy atom. The third kappa shape index (κ3) is 4.54. The van der Waals surface area contributed by atoms with Crippen molar-refractivity contribution in [3.8, 4) is 39.6 Å². The van der Waals surface area contributed by atoms with Gasteiger partial charge in [-0.1, -0.05) is 152 Å². The fourth-order valence-electron chi connectivity index (χ4n) is 9.28. The van der Waals surface area contributed by atoms with E-state index in [1.54, 1.807) is 0 Å². The summed E-state index contributed by atoms with van der Waals surface area (Å²) in [5.41, 5.74) is 11.5. The predicted octanol–water partition coefficient (Wildman–Crippen LogP) is 12.6. The van der Waals surface area contributed by atoms with Gasteiger partial charge in [-0.05, 0) is 64.7 Å². The monoisotopic (exact) mass is 728 g/mol. The van der Waals surface area contributed by atoms with Crippen molar-refractivity contribution >= 4 is 43.7 Å². The number of rotatable bonds is 5. The summed E-state index contributed by atoms with van der Waals surface area (Å²) < 4.78 is 9.17. The molecule has 0 N–H and O–H groups in total. The maximum atomic E-state index is 6.84. The molecule has 5 heteroatoms. The molecule has 266 valence electrons. The topological polar surface area (TPSA) is 56.7 Å². The maximum Gasteiger partial charge on any atom is 0.163 e. The van der Waals surface area contributed by atoms with Crippen LogP contribution in [0.25, 0.3) is 83.3 Å². The molecule has 0 aliphatic heterocycles. The molecule has 8 aromatic carbocycles. The van der Waals surface area contributed by atoms with Crippen molar-refractivity contribution in [3.05, 3.63) is 217 Å². The van der Waals surface area contributed by atoms with E-state index in [1.165, 1.54) is 21.8 Å². The van der Waals surface area contributed by atoms with E-state index in [2.05, 4.69) is 168 Å². The highest BCUT2D eigenvalue weighted by atomic mass is 16.3. The second-order valence-electron chi connectivity index (χ2n) is 14.7. The van der Waals surface area contributed by atoms with Gasteiger partial charge in [-0.25, -0.2) is 15.0 Å². The van der Waals surface area contributed by atoms with E-state index in [0.29, 0.717) is 17.5 Å². The summed E-state index contributed by atoms with van der Waals surface area (Å²) in [5.74, 6) is 1.86. The van der Waals surface area contributed by atoms with Crippen LogP contribution in [-0.4, -0.2) is 19.5 Å². The number of hydrogen-bond acceptors (Lipinski definition) is 4. The number of para-hydroxylation sites is 4. The van der Waals surface area contributed by atoms with E-state index < -0.39 is 5.41 Å². The second kappa shape index (κ2) is 12.2.